The maximum atomic E-state index is 12.5. The Balaban J connectivity index is 1.51. The molecule has 1 amide bonds. The van der Waals surface area contributed by atoms with Crippen LogP contribution in [0.3, 0.4) is 0 Å². The minimum atomic E-state index is 0.0125. The van der Waals surface area contributed by atoms with Crippen molar-refractivity contribution in [2.24, 2.45) is 0 Å². The lowest BCUT2D eigenvalue weighted by Gasteiger charge is -2.35. The standard InChI is InChI=1S/C20H29N3O2/c1-16(2)23-12-13-25-18(15-23)14-20(24)21(3)10-11-22-9-8-17-6-4-5-7-19(17)22/h4-9,16,18H,10-15H2,1-3H3. The monoisotopic (exact) mass is 343 g/mol. The van der Waals surface area contributed by atoms with Crippen molar-refractivity contribution in [3.63, 3.8) is 0 Å². The van der Waals surface area contributed by atoms with E-state index < -0.39 is 0 Å². The number of likely N-dealkylation sites (N-methyl/N-ethyl adjacent to an activating group) is 1. The summed E-state index contributed by atoms with van der Waals surface area (Å²) in [4.78, 5) is 16.7. The molecule has 0 bridgehead atoms. The molecule has 0 radical (unpaired) electrons. The van der Waals surface area contributed by atoms with Gasteiger partial charge in [0.2, 0.25) is 5.91 Å². The molecule has 25 heavy (non-hydrogen) atoms. The summed E-state index contributed by atoms with van der Waals surface area (Å²) in [6.07, 6.45) is 2.57. The Morgan fingerprint density at radius 1 is 1.32 bits per heavy atom. The largest absolute Gasteiger partial charge is 0.375 e. The summed E-state index contributed by atoms with van der Waals surface area (Å²) in [5.41, 5.74) is 1.21. The van der Waals surface area contributed by atoms with Crippen LogP contribution in [0.4, 0.5) is 0 Å². The van der Waals surface area contributed by atoms with Crippen LogP contribution in [-0.2, 0) is 16.1 Å². The van der Waals surface area contributed by atoms with Gasteiger partial charge in [-0.15, -0.1) is 0 Å². The van der Waals surface area contributed by atoms with Crippen LogP contribution in [-0.4, -0.2) is 65.7 Å². The van der Waals surface area contributed by atoms with Gasteiger partial charge < -0.3 is 14.2 Å². The molecule has 1 atom stereocenters. The highest BCUT2D eigenvalue weighted by atomic mass is 16.5. The molecule has 3 rings (SSSR count). The van der Waals surface area contributed by atoms with E-state index in [1.54, 1.807) is 0 Å². The van der Waals surface area contributed by atoms with Crippen molar-refractivity contribution in [2.75, 3.05) is 33.3 Å². The summed E-state index contributed by atoms with van der Waals surface area (Å²) < 4.78 is 8.00. The van der Waals surface area contributed by atoms with Gasteiger partial charge in [-0.1, -0.05) is 18.2 Å². The topological polar surface area (TPSA) is 37.7 Å². The Labute approximate surface area is 150 Å². The van der Waals surface area contributed by atoms with E-state index in [-0.39, 0.29) is 12.0 Å². The van der Waals surface area contributed by atoms with Crippen molar-refractivity contribution in [2.45, 2.75) is 39.0 Å². The van der Waals surface area contributed by atoms with Crippen LogP contribution in [0, 0.1) is 0 Å². The molecule has 0 N–H and O–H groups in total. The van der Waals surface area contributed by atoms with Crippen LogP contribution in [0.25, 0.3) is 10.9 Å². The summed E-state index contributed by atoms with van der Waals surface area (Å²) in [5.74, 6) is 0.159. The molecule has 0 aliphatic carbocycles. The maximum absolute atomic E-state index is 12.5. The number of carbonyl (C=O) groups excluding carboxylic acids is 1. The van der Waals surface area contributed by atoms with E-state index in [0.717, 1.165) is 26.2 Å². The molecule has 1 aliphatic rings. The van der Waals surface area contributed by atoms with Gasteiger partial charge in [0.25, 0.3) is 0 Å². The zero-order chi connectivity index (χ0) is 17.8. The first-order chi connectivity index (χ1) is 12.0. The minimum Gasteiger partial charge on any atom is -0.375 e. The van der Waals surface area contributed by atoms with Crippen molar-refractivity contribution in [3.05, 3.63) is 36.5 Å². The van der Waals surface area contributed by atoms with E-state index >= 15 is 0 Å². The first-order valence-electron chi connectivity index (χ1n) is 9.18. The summed E-state index contributed by atoms with van der Waals surface area (Å²) in [7, 11) is 1.89. The number of ether oxygens (including phenoxy) is 1. The predicted molar refractivity (Wildman–Crippen MR) is 101 cm³/mol. The van der Waals surface area contributed by atoms with Crippen molar-refractivity contribution in [3.8, 4) is 0 Å². The van der Waals surface area contributed by atoms with Crippen LogP contribution >= 0.6 is 0 Å². The zero-order valence-electron chi connectivity index (χ0n) is 15.5. The van der Waals surface area contributed by atoms with Gasteiger partial charge in [-0.25, -0.2) is 0 Å². The smallest absolute Gasteiger partial charge is 0.225 e. The third-order valence-electron chi connectivity index (χ3n) is 5.09. The van der Waals surface area contributed by atoms with E-state index in [4.69, 9.17) is 4.74 Å². The van der Waals surface area contributed by atoms with Gasteiger partial charge in [0.05, 0.1) is 19.1 Å². The molecule has 136 valence electrons. The second-order valence-corrected chi connectivity index (χ2v) is 7.17. The summed E-state index contributed by atoms with van der Waals surface area (Å²) in [5, 5.41) is 1.24. The van der Waals surface area contributed by atoms with Crippen molar-refractivity contribution < 1.29 is 9.53 Å². The molecule has 2 heterocycles. The van der Waals surface area contributed by atoms with Crippen LogP contribution in [0.2, 0.25) is 0 Å². The number of fused-ring (bicyclic) bond motifs is 1. The molecule has 5 nitrogen and oxygen atoms in total. The SMILES string of the molecule is CC(C)N1CCOC(CC(=O)N(C)CCn2ccc3ccccc32)C1. The number of hydrogen-bond acceptors (Lipinski definition) is 3. The number of amides is 1. The molecule has 1 aromatic carbocycles. The molecular weight excluding hydrogens is 314 g/mol. The van der Waals surface area contributed by atoms with Gasteiger partial charge in [-0.05, 0) is 31.4 Å². The Kier molecular flexibility index (Phi) is 5.76. The van der Waals surface area contributed by atoms with E-state index in [0.29, 0.717) is 19.0 Å². The number of aromatic nitrogens is 1. The Bertz CT molecular complexity index is 710. The van der Waals surface area contributed by atoms with Gasteiger partial charge in [0.1, 0.15) is 0 Å². The van der Waals surface area contributed by atoms with Gasteiger partial charge in [-0.2, -0.15) is 0 Å². The molecule has 1 saturated heterocycles. The number of hydrogen-bond donors (Lipinski definition) is 0. The molecule has 1 aliphatic heterocycles. The third kappa shape index (κ3) is 4.41. The minimum absolute atomic E-state index is 0.0125. The summed E-state index contributed by atoms with van der Waals surface area (Å²) >= 11 is 0. The van der Waals surface area contributed by atoms with Crippen LogP contribution in [0.1, 0.15) is 20.3 Å². The fourth-order valence-electron chi connectivity index (χ4n) is 3.40. The first-order valence-corrected chi connectivity index (χ1v) is 9.18. The van der Waals surface area contributed by atoms with E-state index in [1.165, 1.54) is 10.9 Å². The van der Waals surface area contributed by atoms with Crippen molar-refractivity contribution in [1.29, 1.82) is 0 Å². The highest BCUT2D eigenvalue weighted by molar-refractivity contribution is 5.80. The summed E-state index contributed by atoms with van der Waals surface area (Å²) in [6, 6.07) is 10.9. The zero-order valence-corrected chi connectivity index (χ0v) is 15.5. The normalized spacial score (nSPS) is 18.8. The van der Waals surface area contributed by atoms with Crippen LogP contribution in [0.5, 0.6) is 0 Å². The number of rotatable bonds is 6. The molecule has 2 aromatic rings. The number of benzene rings is 1. The molecule has 1 fully saturated rings. The van der Waals surface area contributed by atoms with Crippen LogP contribution < -0.4 is 0 Å². The quantitative estimate of drug-likeness (QED) is 0.809. The number of carbonyl (C=O) groups is 1. The highest BCUT2D eigenvalue weighted by Gasteiger charge is 2.25. The maximum Gasteiger partial charge on any atom is 0.225 e. The molecule has 5 heteroatoms. The lowest BCUT2D eigenvalue weighted by Crippen LogP contribution is -2.47. The first kappa shape index (κ1) is 18.0. The van der Waals surface area contributed by atoms with Gasteiger partial charge >= 0.3 is 0 Å². The van der Waals surface area contributed by atoms with Gasteiger partial charge in [0.15, 0.2) is 0 Å². The van der Waals surface area contributed by atoms with E-state index in [2.05, 4.69) is 53.8 Å². The predicted octanol–water partition coefficient (Wildman–Crippen LogP) is 2.60. The van der Waals surface area contributed by atoms with Crippen LogP contribution in [0.15, 0.2) is 36.5 Å². The molecular formula is C20H29N3O2. The average Bonchev–Trinajstić information content (AvgIpc) is 3.03. The van der Waals surface area contributed by atoms with Crippen molar-refractivity contribution in [1.82, 2.24) is 14.4 Å². The fraction of sp³-hybridized carbons (Fsp3) is 0.550. The van der Waals surface area contributed by atoms with Gasteiger partial charge in [0, 0.05) is 51.0 Å². The third-order valence-corrected chi connectivity index (χ3v) is 5.09. The molecule has 0 spiro atoms. The number of para-hydroxylation sites is 1. The Hall–Kier alpha value is -1.85. The molecule has 1 aromatic heterocycles. The fourth-order valence-corrected chi connectivity index (χ4v) is 3.40. The lowest BCUT2D eigenvalue weighted by atomic mass is 10.1. The van der Waals surface area contributed by atoms with Gasteiger partial charge in [-0.3, -0.25) is 9.69 Å². The lowest BCUT2D eigenvalue weighted by molar-refractivity contribution is -0.135. The molecule has 1 unspecified atom stereocenters. The Morgan fingerprint density at radius 3 is 2.92 bits per heavy atom. The Morgan fingerprint density at radius 2 is 2.12 bits per heavy atom. The van der Waals surface area contributed by atoms with Crippen molar-refractivity contribution >= 4 is 16.8 Å². The number of morpholine rings is 1. The second-order valence-electron chi connectivity index (χ2n) is 7.17. The second kappa shape index (κ2) is 8.02. The number of nitrogens with zero attached hydrogens (tertiary/aromatic N) is 3. The highest BCUT2D eigenvalue weighted by Crippen LogP contribution is 2.15. The summed E-state index contributed by atoms with van der Waals surface area (Å²) in [6.45, 7) is 8.42. The molecule has 0 saturated carbocycles. The average molecular weight is 343 g/mol. The van der Waals surface area contributed by atoms with E-state index in [1.807, 2.05) is 18.0 Å². The van der Waals surface area contributed by atoms with E-state index in [9.17, 15) is 4.79 Å².